The van der Waals surface area contributed by atoms with Crippen LogP contribution in [0.4, 0.5) is 5.82 Å². The molecule has 2 atom stereocenters. The summed E-state index contributed by atoms with van der Waals surface area (Å²) in [7, 11) is -0.744. The molecule has 0 fully saturated rings. The van der Waals surface area contributed by atoms with Crippen LogP contribution in [-0.2, 0) is 10.8 Å². The number of nitrogens with zero attached hydrogens (tertiary/aromatic N) is 2. The van der Waals surface area contributed by atoms with Crippen molar-refractivity contribution in [3.63, 3.8) is 0 Å². The average Bonchev–Trinajstić information content (AvgIpc) is 2.19. The van der Waals surface area contributed by atoms with Gasteiger partial charge in [-0.3, -0.25) is 9.19 Å². The molecule has 0 bridgehead atoms. The molecule has 1 heterocycles. The van der Waals surface area contributed by atoms with E-state index in [-0.39, 0.29) is 5.25 Å². The summed E-state index contributed by atoms with van der Waals surface area (Å²) >= 11 is 0. The Bertz CT molecular complexity index is 291. The molecule has 0 aliphatic heterocycles. The fourth-order valence-electron chi connectivity index (χ4n) is 0.960. The van der Waals surface area contributed by atoms with Gasteiger partial charge in [-0.2, -0.15) is 0 Å². The van der Waals surface area contributed by atoms with Crippen molar-refractivity contribution in [2.75, 3.05) is 18.1 Å². The molecule has 0 aromatic carbocycles. The van der Waals surface area contributed by atoms with Crippen molar-refractivity contribution >= 4 is 16.6 Å². The van der Waals surface area contributed by atoms with Crippen molar-refractivity contribution in [1.29, 1.82) is 0 Å². The topological polar surface area (TPSA) is 54.9 Å². The zero-order chi connectivity index (χ0) is 10.4. The standard InChI is InChI=1S/C9H15N3OS/c1-8(14(2)13)3-4-11-9-7-10-5-6-12-9/h5-8H,3-4H2,1-2H3,(H,11,12). The lowest BCUT2D eigenvalue weighted by atomic mass is 10.3. The van der Waals surface area contributed by atoms with E-state index in [9.17, 15) is 4.21 Å². The summed E-state index contributed by atoms with van der Waals surface area (Å²) in [6.45, 7) is 2.76. The molecule has 0 saturated carbocycles. The van der Waals surface area contributed by atoms with Gasteiger partial charge in [-0.1, -0.05) is 6.92 Å². The van der Waals surface area contributed by atoms with Crippen molar-refractivity contribution in [1.82, 2.24) is 9.97 Å². The highest BCUT2D eigenvalue weighted by Crippen LogP contribution is 2.01. The van der Waals surface area contributed by atoms with E-state index in [1.807, 2.05) is 6.92 Å². The fourth-order valence-corrected chi connectivity index (χ4v) is 1.41. The Hall–Kier alpha value is -0.970. The first-order valence-corrected chi connectivity index (χ1v) is 6.14. The number of aromatic nitrogens is 2. The molecule has 1 aromatic rings. The van der Waals surface area contributed by atoms with Crippen molar-refractivity contribution < 1.29 is 4.21 Å². The predicted octanol–water partition coefficient (Wildman–Crippen LogP) is 1.05. The lowest BCUT2D eigenvalue weighted by Gasteiger charge is -2.08. The van der Waals surface area contributed by atoms with E-state index in [4.69, 9.17) is 0 Å². The highest BCUT2D eigenvalue weighted by atomic mass is 32.2. The van der Waals surface area contributed by atoms with Crippen LogP contribution < -0.4 is 5.32 Å². The monoisotopic (exact) mass is 213 g/mol. The van der Waals surface area contributed by atoms with Crippen molar-refractivity contribution in [3.05, 3.63) is 18.6 Å². The Balaban J connectivity index is 2.26. The molecule has 2 unspecified atom stereocenters. The molecule has 0 aliphatic carbocycles. The van der Waals surface area contributed by atoms with Crippen molar-refractivity contribution in [2.24, 2.45) is 0 Å². The van der Waals surface area contributed by atoms with E-state index in [2.05, 4.69) is 15.3 Å². The van der Waals surface area contributed by atoms with Gasteiger partial charge in [0, 0.05) is 41.2 Å². The van der Waals surface area contributed by atoms with Crippen LogP contribution in [0, 0.1) is 0 Å². The van der Waals surface area contributed by atoms with Gasteiger partial charge in [0.05, 0.1) is 6.20 Å². The lowest BCUT2D eigenvalue weighted by molar-refractivity contribution is 0.672. The van der Waals surface area contributed by atoms with Gasteiger partial charge >= 0.3 is 0 Å². The van der Waals surface area contributed by atoms with Gasteiger partial charge in [-0.25, -0.2) is 4.98 Å². The molecule has 1 aromatic heterocycles. The molecule has 78 valence electrons. The average molecular weight is 213 g/mol. The molecule has 1 rings (SSSR count). The summed E-state index contributed by atoms with van der Waals surface area (Å²) in [4.78, 5) is 8.00. The van der Waals surface area contributed by atoms with Gasteiger partial charge in [0.25, 0.3) is 0 Å². The normalized spacial score (nSPS) is 14.7. The second-order valence-corrected chi connectivity index (χ2v) is 4.92. The largest absolute Gasteiger partial charge is 0.369 e. The minimum Gasteiger partial charge on any atom is -0.369 e. The molecule has 0 saturated heterocycles. The quantitative estimate of drug-likeness (QED) is 0.794. The number of nitrogens with one attached hydrogen (secondary N) is 1. The Morgan fingerprint density at radius 3 is 2.93 bits per heavy atom. The first-order valence-electron chi connectivity index (χ1n) is 4.52. The predicted molar refractivity (Wildman–Crippen MR) is 58.7 cm³/mol. The Morgan fingerprint density at radius 1 is 1.57 bits per heavy atom. The van der Waals surface area contributed by atoms with Crippen LogP contribution >= 0.6 is 0 Å². The van der Waals surface area contributed by atoms with E-state index in [1.165, 1.54) is 0 Å². The summed E-state index contributed by atoms with van der Waals surface area (Å²) in [5.74, 6) is 0.765. The summed E-state index contributed by atoms with van der Waals surface area (Å²) < 4.78 is 11.0. The van der Waals surface area contributed by atoms with Crippen LogP contribution in [0.25, 0.3) is 0 Å². The maximum Gasteiger partial charge on any atom is 0.144 e. The minimum atomic E-state index is -0.744. The van der Waals surface area contributed by atoms with Crippen LogP contribution in [0.3, 0.4) is 0 Å². The lowest BCUT2D eigenvalue weighted by Crippen LogP contribution is -2.15. The van der Waals surface area contributed by atoms with Crippen molar-refractivity contribution in [2.45, 2.75) is 18.6 Å². The third-order valence-electron chi connectivity index (χ3n) is 1.99. The maximum absolute atomic E-state index is 11.0. The van der Waals surface area contributed by atoms with Gasteiger partial charge in [0.2, 0.25) is 0 Å². The molecule has 4 nitrogen and oxygen atoms in total. The van der Waals surface area contributed by atoms with E-state index in [0.29, 0.717) is 0 Å². The van der Waals surface area contributed by atoms with Crippen LogP contribution in [0.15, 0.2) is 18.6 Å². The minimum absolute atomic E-state index is 0.221. The first kappa shape index (κ1) is 11.1. The maximum atomic E-state index is 11.0. The van der Waals surface area contributed by atoms with Gasteiger partial charge in [-0.05, 0) is 6.42 Å². The molecule has 0 radical (unpaired) electrons. The molecule has 1 N–H and O–H groups in total. The van der Waals surface area contributed by atoms with E-state index < -0.39 is 10.8 Å². The third-order valence-corrected chi connectivity index (χ3v) is 3.36. The molecule has 14 heavy (non-hydrogen) atoms. The zero-order valence-electron chi connectivity index (χ0n) is 8.43. The number of hydrogen-bond acceptors (Lipinski definition) is 4. The Kier molecular flexibility index (Phi) is 4.52. The van der Waals surface area contributed by atoms with Gasteiger partial charge in [-0.15, -0.1) is 0 Å². The highest BCUT2D eigenvalue weighted by Gasteiger charge is 2.04. The van der Waals surface area contributed by atoms with Gasteiger partial charge in [0.1, 0.15) is 5.82 Å². The van der Waals surface area contributed by atoms with Crippen LogP contribution in [-0.4, -0.2) is 32.2 Å². The summed E-state index contributed by atoms with van der Waals surface area (Å²) in [5.41, 5.74) is 0. The molecule has 0 amide bonds. The van der Waals surface area contributed by atoms with E-state index in [1.54, 1.807) is 24.8 Å². The summed E-state index contributed by atoms with van der Waals surface area (Å²) in [6, 6.07) is 0. The Morgan fingerprint density at radius 2 is 2.36 bits per heavy atom. The van der Waals surface area contributed by atoms with Crippen LogP contribution in [0.1, 0.15) is 13.3 Å². The summed E-state index contributed by atoms with van der Waals surface area (Å²) in [6.07, 6.45) is 7.55. The summed E-state index contributed by atoms with van der Waals surface area (Å²) in [5, 5.41) is 3.34. The van der Waals surface area contributed by atoms with Gasteiger partial charge < -0.3 is 5.32 Å². The molecular formula is C9H15N3OS. The Labute approximate surface area is 86.6 Å². The highest BCUT2D eigenvalue weighted by molar-refractivity contribution is 7.84. The van der Waals surface area contributed by atoms with Crippen LogP contribution in [0.5, 0.6) is 0 Å². The number of anilines is 1. The molecule has 5 heteroatoms. The molecule has 0 spiro atoms. The van der Waals surface area contributed by atoms with E-state index >= 15 is 0 Å². The third kappa shape index (κ3) is 3.83. The van der Waals surface area contributed by atoms with Crippen LogP contribution in [0.2, 0.25) is 0 Å². The van der Waals surface area contributed by atoms with E-state index in [0.717, 1.165) is 18.8 Å². The molecular weight excluding hydrogens is 198 g/mol. The first-order chi connectivity index (χ1) is 6.70. The van der Waals surface area contributed by atoms with Gasteiger partial charge in [0.15, 0.2) is 0 Å². The SMILES string of the molecule is CC(CCNc1cnccn1)S(C)=O. The fraction of sp³-hybridized carbons (Fsp3) is 0.556. The van der Waals surface area contributed by atoms with Crippen molar-refractivity contribution in [3.8, 4) is 0 Å². The number of hydrogen-bond donors (Lipinski definition) is 1. The smallest absolute Gasteiger partial charge is 0.144 e. The second-order valence-electron chi connectivity index (χ2n) is 3.12. The number of rotatable bonds is 5. The molecule has 0 aliphatic rings. The second kappa shape index (κ2) is 5.70. The zero-order valence-corrected chi connectivity index (χ0v) is 9.25.